The van der Waals surface area contributed by atoms with E-state index in [0.29, 0.717) is 17.2 Å². The molecule has 0 spiro atoms. The second kappa shape index (κ2) is 5.01. The summed E-state index contributed by atoms with van der Waals surface area (Å²) in [6.07, 6.45) is 0. The average molecular weight is 252 g/mol. The Balaban J connectivity index is 2.44. The van der Waals surface area contributed by atoms with Crippen LogP contribution in [0.5, 0.6) is 5.95 Å². The molecule has 0 aliphatic rings. The highest BCUT2D eigenvalue weighted by atomic mass is 35.5. The van der Waals surface area contributed by atoms with Gasteiger partial charge in [0.2, 0.25) is 5.89 Å². The number of benzene rings is 1. The largest absolute Gasteiger partial charge is 0.465 e. The van der Waals surface area contributed by atoms with E-state index in [9.17, 15) is 4.79 Å². The van der Waals surface area contributed by atoms with E-state index in [0.717, 1.165) is 0 Å². The van der Waals surface area contributed by atoms with Crippen molar-refractivity contribution in [3.8, 4) is 17.4 Å². The first-order chi connectivity index (χ1) is 8.19. The standard InChI is InChI=1S/C12H10ClNO3/c1-2-16-11-7-10(15)14-12(17-11)8-3-5-9(13)6-4-8/h3-7H,2H2,1H3. The zero-order valence-corrected chi connectivity index (χ0v) is 9.90. The molecule has 0 unspecified atom stereocenters. The molecule has 2 aromatic rings. The van der Waals surface area contributed by atoms with Crippen LogP contribution in [0.2, 0.25) is 5.02 Å². The van der Waals surface area contributed by atoms with Crippen molar-refractivity contribution < 1.29 is 9.15 Å². The summed E-state index contributed by atoms with van der Waals surface area (Å²) in [4.78, 5) is 15.1. The number of halogens is 1. The van der Waals surface area contributed by atoms with Crippen molar-refractivity contribution in [1.29, 1.82) is 0 Å². The van der Waals surface area contributed by atoms with Gasteiger partial charge in [-0.1, -0.05) is 11.6 Å². The molecule has 0 saturated carbocycles. The van der Waals surface area contributed by atoms with Gasteiger partial charge < -0.3 is 9.15 Å². The van der Waals surface area contributed by atoms with Crippen molar-refractivity contribution in [3.05, 3.63) is 45.7 Å². The van der Waals surface area contributed by atoms with Crippen LogP contribution in [-0.2, 0) is 0 Å². The SMILES string of the molecule is CCOc1cc(=O)nc(-c2ccc(Cl)cc2)o1. The van der Waals surface area contributed by atoms with Crippen molar-refractivity contribution in [2.24, 2.45) is 0 Å². The van der Waals surface area contributed by atoms with Gasteiger partial charge in [-0.3, -0.25) is 4.79 Å². The third kappa shape index (κ3) is 2.85. The molecule has 0 aliphatic carbocycles. The Hall–Kier alpha value is -1.81. The summed E-state index contributed by atoms with van der Waals surface area (Å²) in [5, 5.41) is 0.608. The Morgan fingerprint density at radius 3 is 2.71 bits per heavy atom. The Morgan fingerprint density at radius 2 is 2.06 bits per heavy atom. The normalized spacial score (nSPS) is 10.2. The fourth-order valence-electron chi connectivity index (χ4n) is 1.31. The Morgan fingerprint density at radius 1 is 1.35 bits per heavy atom. The lowest BCUT2D eigenvalue weighted by Gasteiger charge is -2.03. The maximum absolute atomic E-state index is 11.3. The molecular weight excluding hydrogens is 242 g/mol. The van der Waals surface area contributed by atoms with Crippen LogP contribution in [0.15, 0.2) is 39.5 Å². The van der Waals surface area contributed by atoms with Gasteiger partial charge in [-0.15, -0.1) is 0 Å². The van der Waals surface area contributed by atoms with E-state index in [-0.39, 0.29) is 11.8 Å². The number of hydrogen-bond acceptors (Lipinski definition) is 4. The number of ether oxygens (including phenoxy) is 1. The quantitative estimate of drug-likeness (QED) is 0.842. The lowest BCUT2D eigenvalue weighted by molar-refractivity contribution is 0.251. The van der Waals surface area contributed by atoms with Gasteiger partial charge in [0.05, 0.1) is 12.7 Å². The highest BCUT2D eigenvalue weighted by Crippen LogP contribution is 2.21. The minimum absolute atomic E-state index is 0.164. The van der Waals surface area contributed by atoms with E-state index < -0.39 is 5.56 Å². The fraction of sp³-hybridized carbons (Fsp3) is 0.167. The summed E-state index contributed by atoms with van der Waals surface area (Å²) >= 11 is 5.77. The van der Waals surface area contributed by atoms with Gasteiger partial charge in [0, 0.05) is 10.6 Å². The smallest absolute Gasteiger partial charge is 0.291 e. The van der Waals surface area contributed by atoms with Crippen molar-refractivity contribution in [2.45, 2.75) is 6.92 Å². The first kappa shape index (κ1) is 11.7. The van der Waals surface area contributed by atoms with Gasteiger partial charge in [-0.05, 0) is 31.2 Å². The van der Waals surface area contributed by atoms with Gasteiger partial charge in [-0.2, -0.15) is 4.98 Å². The lowest BCUT2D eigenvalue weighted by Crippen LogP contribution is -2.06. The molecule has 0 radical (unpaired) electrons. The predicted molar refractivity (Wildman–Crippen MR) is 64.4 cm³/mol. The molecule has 2 rings (SSSR count). The van der Waals surface area contributed by atoms with Crippen LogP contribution in [0.3, 0.4) is 0 Å². The molecule has 1 heterocycles. The van der Waals surface area contributed by atoms with Gasteiger partial charge in [0.25, 0.3) is 11.5 Å². The molecule has 0 N–H and O–H groups in total. The number of hydrogen-bond donors (Lipinski definition) is 0. The van der Waals surface area contributed by atoms with E-state index in [1.165, 1.54) is 6.07 Å². The van der Waals surface area contributed by atoms with Crippen LogP contribution in [0.25, 0.3) is 11.5 Å². The summed E-state index contributed by atoms with van der Waals surface area (Å²) in [7, 11) is 0. The zero-order valence-electron chi connectivity index (χ0n) is 9.14. The molecule has 0 atom stereocenters. The number of aromatic nitrogens is 1. The summed E-state index contributed by atoms with van der Waals surface area (Å²) < 4.78 is 10.5. The van der Waals surface area contributed by atoms with Crippen LogP contribution in [0, 0.1) is 0 Å². The van der Waals surface area contributed by atoms with Gasteiger partial charge in [0.15, 0.2) is 0 Å². The maximum atomic E-state index is 11.3. The fourth-order valence-corrected chi connectivity index (χ4v) is 1.44. The highest BCUT2D eigenvalue weighted by molar-refractivity contribution is 6.30. The van der Waals surface area contributed by atoms with Crippen molar-refractivity contribution >= 4 is 11.6 Å². The first-order valence-corrected chi connectivity index (χ1v) is 5.48. The van der Waals surface area contributed by atoms with Gasteiger partial charge in [0.1, 0.15) is 0 Å². The predicted octanol–water partition coefficient (Wildman–Crippen LogP) is 2.75. The third-order valence-corrected chi connectivity index (χ3v) is 2.28. The summed E-state index contributed by atoms with van der Waals surface area (Å²) in [5.41, 5.74) is 0.276. The van der Waals surface area contributed by atoms with Gasteiger partial charge in [-0.25, -0.2) is 0 Å². The molecule has 0 aliphatic heterocycles. The number of nitrogens with zero attached hydrogens (tertiary/aromatic N) is 1. The monoisotopic (exact) mass is 251 g/mol. The molecule has 0 bridgehead atoms. The van der Waals surface area contributed by atoms with Crippen LogP contribution in [0.4, 0.5) is 0 Å². The van der Waals surface area contributed by atoms with Crippen molar-refractivity contribution in [2.75, 3.05) is 6.61 Å². The lowest BCUT2D eigenvalue weighted by atomic mass is 10.2. The van der Waals surface area contributed by atoms with E-state index in [1.807, 2.05) is 6.92 Å². The van der Waals surface area contributed by atoms with E-state index >= 15 is 0 Å². The molecule has 88 valence electrons. The van der Waals surface area contributed by atoms with Crippen LogP contribution < -0.4 is 10.3 Å². The second-order valence-corrected chi connectivity index (χ2v) is 3.70. The molecule has 0 saturated heterocycles. The van der Waals surface area contributed by atoms with Gasteiger partial charge >= 0.3 is 0 Å². The van der Waals surface area contributed by atoms with E-state index in [4.69, 9.17) is 20.8 Å². The third-order valence-electron chi connectivity index (χ3n) is 2.03. The molecule has 17 heavy (non-hydrogen) atoms. The minimum Gasteiger partial charge on any atom is -0.465 e. The molecule has 0 fully saturated rings. The molecule has 5 heteroatoms. The van der Waals surface area contributed by atoms with Crippen LogP contribution in [-0.4, -0.2) is 11.6 Å². The summed E-state index contributed by atoms with van der Waals surface area (Å²) in [5.74, 6) is 0.384. The number of rotatable bonds is 3. The molecular formula is C12H10ClNO3. The maximum Gasteiger partial charge on any atom is 0.291 e. The zero-order chi connectivity index (χ0) is 12.3. The van der Waals surface area contributed by atoms with Crippen molar-refractivity contribution in [3.63, 3.8) is 0 Å². The summed E-state index contributed by atoms with van der Waals surface area (Å²) in [6, 6.07) is 8.06. The highest BCUT2D eigenvalue weighted by Gasteiger charge is 2.07. The second-order valence-electron chi connectivity index (χ2n) is 3.26. The summed E-state index contributed by atoms with van der Waals surface area (Å²) in [6.45, 7) is 2.23. The Kier molecular flexibility index (Phi) is 3.44. The van der Waals surface area contributed by atoms with Crippen LogP contribution >= 0.6 is 11.6 Å². The Bertz CT molecular complexity index is 563. The van der Waals surface area contributed by atoms with Crippen LogP contribution in [0.1, 0.15) is 6.92 Å². The van der Waals surface area contributed by atoms with Crippen molar-refractivity contribution in [1.82, 2.24) is 4.98 Å². The Labute approximate surface area is 103 Å². The molecule has 0 amide bonds. The van der Waals surface area contributed by atoms with E-state index in [1.54, 1.807) is 24.3 Å². The average Bonchev–Trinajstić information content (AvgIpc) is 2.29. The topological polar surface area (TPSA) is 52.3 Å². The minimum atomic E-state index is -0.398. The molecule has 4 nitrogen and oxygen atoms in total. The molecule has 1 aromatic carbocycles. The first-order valence-electron chi connectivity index (χ1n) is 5.10. The molecule has 1 aromatic heterocycles. The van der Waals surface area contributed by atoms with E-state index in [2.05, 4.69) is 4.98 Å².